The summed E-state index contributed by atoms with van der Waals surface area (Å²) in [6, 6.07) is 16.1. The number of rotatable bonds is 3. The topological polar surface area (TPSA) is 33.6 Å². The zero-order chi connectivity index (χ0) is 43.5. The molecule has 0 spiro atoms. The van der Waals surface area contributed by atoms with Gasteiger partial charge < -0.3 is 9.13 Å². The average Bonchev–Trinajstić information content (AvgIpc) is 3.67. The second-order valence-corrected chi connectivity index (χ2v) is 13.6. The Morgan fingerprint density at radius 3 is 1.05 bits per heavy atom. The first-order chi connectivity index (χ1) is 27.9. The van der Waals surface area contributed by atoms with E-state index in [2.05, 4.69) is 0 Å². The van der Waals surface area contributed by atoms with Gasteiger partial charge in [0.1, 0.15) is 6.07 Å². The number of fused-ring (bicyclic) bond motifs is 6. The second kappa shape index (κ2) is 13.2. The molecule has 0 bridgehead atoms. The highest BCUT2D eigenvalue weighted by molar-refractivity contribution is 6.12. The third kappa shape index (κ3) is 6.61. The van der Waals surface area contributed by atoms with Crippen molar-refractivity contribution >= 4 is 43.6 Å². The number of nitrogens with zero attached hydrogens (tertiary/aromatic N) is 3. The maximum Gasteiger partial charge on any atom is 0.417 e. The van der Waals surface area contributed by atoms with Gasteiger partial charge in [-0.3, -0.25) is 0 Å². The standard InChI is InChI=1S/C42H18F15N3/c43-38(44,45)21-5-9-32-26(14-21)27-15-22(39(46,47)48)6-10-33(27)59(32)36-18-30(25-3-1-2-4-31(25)42(55,56)57)37(13-20(36)19-58)60-34-11-7-23(40(49,50)51)16-28(34)29-17-24(41(52,53)54)8-12-35(29)60/h1-18H. The zero-order valence-electron chi connectivity index (χ0n) is 29.4. The van der Waals surface area contributed by atoms with Crippen molar-refractivity contribution in [1.82, 2.24) is 9.13 Å². The predicted octanol–water partition coefficient (Wildman–Crippen LogP) is 14.5. The van der Waals surface area contributed by atoms with Crippen molar-refractivity contribution in [3.05, 3.63) is 143 Å². The predicted molar refractivity (Wildman–Crippen MR) is 190 cm³/mol. The van der Waals surface area contributed by atoms with Gasteiger partial charge in [-0.2, -0.15) is 71.1 Å². The van der Waals surface area contributed by atoms with Crippen molar-refractivity contribution in [1.29, 1.82) is 5.26 Å². The number of alkyl halides is 15. The Hall–Kier alpha value is -6.64. The van der Waals surface area contributed by atoms with Crippen LogP contribution in [0, 0.1) is 11.3 Å². The van der Waals surface area contributed by atoms with Gasteiger partial charge in [-0.15, -0.1) is 0 Å². The minimum atomic E-state index is -5.10. The molecule has 2 aromatic heterocycles. The molecule has 0 unspecified atom stereocenters. The maximum absolute atomic E-state index is 14.8. The van der Waals surface area contributed by atoms with Crippen LogP contribution in [-0.4, -0.2) is 9.13 Å². The third-order valence-electron chi connectivity index (χ3n) is 10.1. The summed E-state index contributed by atoms with van der Waals surface area (Å²) in [5, 5.41) is 9.06. The van der Waals surface area contributed by atoms with Crippen LogP contribution in [-0.2, 0) is 30.9 Å². The smallest absolute Gasteiger partial charge is 0.309 e. The van der Waals surface area contributed by atoms with Crippen molar-refractivity contribution in [3.8, 4) is 28.6 Å². The SMILES string of the molecule is N#Cc1cc(-n2c3ccc(C(F)(F)F)cc3c3cc(C(F)(F)F)ccc32)c(-c2ccccc2C(F)(F)F)cc1-n1c2ccc(C(F)(F)F)cc2c2cc(C(F)(F)F)ccc21. The summed E-state index contributed by atoms with van der Waals surface area (Å²) in [6.45, 7) is 0. The van der Waals surface area contributed by atoms with Gasteiger partial charge in [-0.25, -0.2) is 0 Å². The molecule has 0 N–H and O–H groups in total. The van der Waals surface area contributed by atoms with Gasteiger partial charge in [0.2, 0.25) is 0 Å². The summed E-state index contributed by atoms with van der Waals surface area (Å²) in [4.78, 5) is 0. The molecule has 60 heavy (non-hydrogen) atoms. The van der Waals surface area contributed by atoms with E-state index >= 15 is 0 Å². The van der Waals surface area contributed by atoms with Crippen molar-refractivity contribution in [3.63, 3.8) is 0 Å². The van der Waals surface area contributed by atoms with E-state index in [4.69, 9.17) is 0 Å². The van der Waals surface area contributed by atoms with Crippen molar-refractivity contribution in [2.24, 2.45) is 0 Å². The summed E-state index contributed by atoms with van der Waals surface area (Å²) in [7, 11) is 0. The number of aromatic nitrogens is 2. The minimum Gasteiger partial charge on any atom is -0.309 e. The lowest BCUT2D eigenvalue weighted by atomic mass is 9.95. The molecule has 0 atom stereocenters. The Morgan fingerprint density at radius 1 is 0.367 bits per heavy atom. The Balaban J connectivity index is 1.55. The molecule has 0 radical (unpaired) electrons. The molecule has 306 valence electrons. The molecule has 0 aliphatic heterocycles. The van der Waals surface area contributed by atoms with Gasteiger partial charge in [0, 0.05) is 27.1 Å². The van der Waals surface area contributed by atoms with E-state index in [1.54, 1.807) is 0 Å². The average molecular weight is 850 g/mol. The van der Waals surface area contributed by atoms with Gasteiger partial charge in [0.05, 0.1) is 66.8 Å². The fourth-order valence-electron chi connectivity index (χ4n) is 7.49. The highest BCUT2D eigenvalue weighted by atomic mass is 19.4. The van der Waals surface area contributed by atoms with Crippen molar-refractivity contribution < 1.29 is 65.9 Å². The van der Waals surface area contributed by atoms with Crippen LogP contribution in [0.1, 0.15) is 33.4 Å². The van der Waals surface area contributed by atoms with Crippen LogP contribution in [0.15, 0.2) is 109 Å². The molecule has 8 aromatic rings. The van der Waals surface area contributed by atoms with E-state index in [0.717, 1.165) is 57.7 Å². The molecule has 18 heteroatoms. The van der Waals surface area contributed by atoms with Crippen LogP contribution in [0.4, 0.5) is 65.9 Å². The third-order valence-corrected chi connectivity index (χ3v) is 10.1. The molecule has 0 saturated carbocycles. The lowest BCUT2D eigenvalue weighted by Crippen LogP contribution is -2.10. The number of hydrogen-bond acceptors (Lipinski definition) is 1. The van der Waals surface area contributed by atoms with E-state index in [9.17, 15) is 71.1 Å². The summed E-state index contributed by atoms with van der Waals surface area (Å²) in [5.74, 6) is 0. The quantitative estimate of drug-likeness (QED) is 0.163. The van der Waals surface area contributed by atoms with Gasteiger partial charge in [0.15, 0.2) is 0 Å². The van der Waals surface area contributed by atoms with Crippen LogP contribution in [0.25, 0.3) is 66.1 Å². The molecule has 0 fully saturated rings. The Kier molecular flexibility index (Phi) is 8.82. The number of halogens is 15. The van der Waals surface area contributed by atoms with E-state index in [-0.39, 0.29) is 44.2 Å². The molecule has 2 heterocycles. The second-order valence-electron chi connectivity index (χ2n) is 13.6. The van der Waals surface area contributed by atoms with Crippen molar-refractivity contribution in [2.45, 2.75) is 30.9 Å². The first kappa shape index (κ1) is 40.2. The molecular formula is C42H18F15N3. The summed E-state index contributed by atoms with van der Waals surface area (Å²) in [5.41, 5.74) is -9.37. The molecule has 8 rings (SSSR count). The molecule has 0 aliphatic carbocycles. The monoisotopic (exact) mass is 849 g/mol. The first-order valence-electron chi connectivity index (χ1n) is 17.1. The lowest BCUT2D eigenvalue weighted by molar-refractivity contribution is -0.138. The van der Waals surface area contributed by atoms with Crippen LogP contribution in [0.5, 0.6) is 0 Å². The molecule has 0 saturated heterocycles. The van der Waals surface area contributed by atoms with E-state index in [1.807, 2.05) is 6.07 Å². The van der Waals surface area contributed by atoms with Crippen LogP contribution < -0.4 is 0 Å². The minimum absolute atomic E-state index is 0.201. The van der Waals surface area contributed by atoms with Crippen LogP contribution in [0.2, 0.25) is 0 Å². The highest BCUT2D eigenvalue weighted by Crippen LogP contribution is 2.47. The molecule has 0 amide bonds. The van der Waals surface area contributed by atoms with Gasteiger partial charge in [-0.05, 0) is 96.6 Å². The number of hydrogen-bond donors (Lipinski definition) is 0. The van der Waals surface area contributed by atoms with E-state index < -0.39 is 86.2 Å². The molecule has 0 aliphatic rings. The normalized spacial score (nSPS) is 13.2. The first-order valence-corrected chi connectivity index (χ1v) is 17.1. The molecule has 3 nitrogen and oxygen atoms in total. The van der Waals surface area contributed by atoms with Gasteiger partial charge in [-0.1, -0.05) is 18.2 Å². The van der Waals surface area contributed by atoms with Gasteiger partial charge >= 0.3 is 30.9 Å². The Bertz CT molecular complexity index is 2950. The van der Waals surface area contributed by atoms with Crippen LogP contribution >= 0.6 is 0 Å². The lowest BCUT2D eigenvalue weighted by Gasteiger charge is -2.21. The fraction of sp³-hybridized carbons (Fsp3) is 0.119. The largest absolute Gasteiger partial charge is 0.417 e. The maximum atomic E-state index is 14.8. The Labute approximate surface area is 325 Å². The van der Waals surface area contributed by atoms with E-state index in [0.29, 0.717) is 54.6 Å². The summed E-state index contributed by atoms with van der Waals surface area (Å²) < 4.78 is 214. The van der Waals surface area contributed by atoms with Crippen LogP contribution in [0.3, 0.4) is 0 Å². The fourth-order valence-corrected chi connectivity index (χ4v) is 7.49. The molecule has 6 aromatic carbocycles. The molecular weight excluding hydrogens is 831 g/mol. The van der Waals surface area contributed by atoms with Crippen molar-refractivity contribution in [2.75, 3.05) is 0 Å². The zero-order valence-corrected chi connectivity index (χ0v) is 29.4. The highest BCUT2D eigenvalue weighted by Gasteiger charge is 2.38. The number of nitriles is 1. The van der Waals surface area contributed by atoms with E-state index in [1.165, 1.54) is 6.07 Å². The number of benzene rings is 6. The van der Waals surface area contributed by atoms with Gasteiger partial charge in [0.25, 0.3) is 0 Å². The summed E-state index contributed by atoms with van der Waals surface area (Å²) in [6.07, 6.45) is -25.0. The summed E-state index contributed by atoms with van der Waals surface area (Å²) >= 11 is 0. The Morgan fingerprint density at radius 2 is 0.717 bits per heavy atom.